The molecule has 0 aliphatic heterocycles. The van der Waals surface area contributed by atoms with Crippen LogP contribution in [0.2, 0.25) is 0 Å². The highest BCUT2D eigenvalue weighted by molar-refractivity contribution is 5.17. The van der Waals surface area contributed by atoms with Crippen molar-refractivity contribution in [3.63, 3.8) is 0 Å². The quantitative estimate of drug-likeness (QED) is 0.793. The minimum Gasteiger partial charge on any atom is -0.395 e. The summed E-state index contributed by atoms with van der Waals surface area (Å²) >= 11 is 0. The second-order valence-electron chi connectivity index (χ2n) is 5.41. The molecule has 2 rings (SSSR count). The highest BCUT2D eigenvalue weighted by Crippen LogP contribution is 2.25. The van der Waals surface area contributed by atoms with Crippen molar-refractivity contribution in [2.45, 2.75) is 44.2 Å². The molecule has 3 heteroatoms. The van der Waals surface area contributed by atoms with E-state index in [1.807, 2.05) is 30.3 Å². The van der Waals surface area contributed by atoms with Gasteiger partial charge in [-0.05, 0) is 24.8 Å². The van der Waals surface area contributed by atoms with E-state index < -0.39 is 6.10 Å². The van der Waals surface area contributed by atoms with E-state index in [1.54, 1.807) is 0 Å². The largest absolute Gasteiger partial charge is 0.395 e. The van der Waals surface area contributed by atoms with Crippen LogP contribution < -0.4 is 0 Å². The molecule has 0 aromatic heterocycles. The van der Waals surface area contributed by atoms with Crippen LogP contribution in [0.3, 0.4) is 0 Å². The van der Waals surface area contributed by atoms with Gasteiger partial charge >= 0.3 is 0 Å². The summed E-state index contributed by atoms with van der Waals surface area (Å²) < 4.78 is 0. The van der Waals surface area contributed by atoms with Crippen LogP contribution >= 0.6 is 0 Å². The monoisotopic (exact) mass is 263 g/mol. The minimum absolute atomic E-state index is 0.206. The number of benzene rings is 1. The Kier molecular flexibility index (Phi) is 5.83. The summed E-state index contributed by atoms with van der Waals surface area (Å²) in [7, 11) is 0. The molecule has 1 unspecified atom stereocenters. The van der Waals surface area contributed by atoms with Crippen molar-refractivity contribution >= 4 is 0 Å². The third kappa shape index (κ3) is 4.30. The summed E-state index contributed by atoms with van der Waals surface area (Å²) in [6.07, 6.45) is 5.41. The molecule has 1 aliphatic rings. The molecule has 0 saturated heterocycles. The second-order valence-corrected chi connectivity index (χ2v) is 5.41. The van der Waals surface area contributed by atoms with Crippen molar-refractivity contribution in [1.82, 2.24) is 4.90 Å². The number of hydrogen-bond donors (Lipinski definition) is 2. The van der Waals surface area contributed by atoms with Gasteiger partial charge in [-0.3, -0.25) is 4.90 Å². The first kappa shape index (κ1) is 14.5. The molecule has 1 saturated carbocycles. The Morgan fingerprint density at radius 3 is 2.42 bits per heavy atom. The molecule has 1 fully saturated rings. The summed E-state index contributed by atoms with van der Waals surface area (Å²) in [5.41, 5.74) is 0.984. The molecule has 1 aliphatic carbocycles. The molecule has 0 radical (unpaired) electrons. The van der Waals surface area contributed by atoms with E-state index in [2.05, 4.69) is 4.90 Å². The van der Waals surface area contributed by atoms with Crippen LogP contribution in [0.4, 0.5) is 0 Å². The van der Waals surface area contributed by atoms with Crippen LogP contribution in [-0.2, 0) is 0 Å². The van der Waals surface area contributed by atoms with Crippen molar-refractivity contribution in [3.8, 4) is 0 Å². The Bertz CT molecular complexity index is 349. The Hall–Kier alpha value is -0.900. The lowest BCUT2D eigenvalue weighted by atomic mass is 10.1. The van der Waals surface area contributed by atoms with Crippen molar-refractivity contribution in [3.05, 3.63) is 35.9 Å². The van der Waals surface area contributed by atoms with E-state index in [4.69, 9.17) is 0 Å². The molecule has 3 nitrogen and oxygen atoms in total. The van der Waals surface area contributed by atoms with E-state index in [9.17, 15) is 10.2 Å². The standard InChI is InChI=1S/C16H25NO2/c18-13-12-17(15-8-4-5-9-15)11-10-16(19)14-6-2-1-3-7-14/h1-3,6-7,15-16,18-19H,4-5,8-13H2. The molecular weight excluding hydrogens is 238 g/mol. The topological polar surface area (TPSA) is 43.7 Å². The summed E-state index contributed by atoms with van der Waals surface area (Å²) in [5.74, 6) is 0. The van der Waals surface area contributed by atoms with E-state index >= 15 is 0 Å². The van der Waals surface area contributed by atoms with Crippen LogP contribution in [0.5, 0.6) is 0 Å². The molecule has 1 aromatic rings. The highest BCUT2D eigenvalue weighted by Gasteiger charge is 2.22. The fraction of sp³-hybridized carbons (Fsp3) is 0.625. The van der Waals surface area contributed by atoms with E-state index in [0.717, 1.165) is 25.1 Å². The molecule has 2 N–H and O–H groups in total. The number of rotatable bonds is 7. The third-order valence-electron chi connectivity index (χ3n) is 4.10. The zero-order valence-electron chi connectivity index (χ0n) is 11.5. The highest BCUT2D eigenvalue weighted by atomic mass is 16.3. The second kappa shape index (κ2) is 7.63. The van der Waals surface area contributed by atoms with Gasteiger partial charge in [0.25, 0.3) is 0 Å². The normalized spacial score (nSPS) is 18.1. The third-order valence-corrected chi connectivity index (χ3v) is 4.10. The van der Waals surface area contributed by atoms with Gasteiger partial charge in [-0.1, -0.05) is 43.2 Å². The van der Waals surface area contributed by atoms with Gasteiger partial charge in [-0.15, -0.1) is 0 Å². The lowest BCUT2D eigenvalue weighted by Gasteiger charge is -2.29. The van der Waals surface area contributed by atoms with Crippen molar-refractivity contribution < 1.29 is 10.2 Å². The van der Waals surface area contributed by atoms with Crippen LogP contribution in [0.1, 0.15) is 43.8 Å². The van der Waals surface area contributed by atoms with Gasteiger partial charge in [-0.2, -0.15) is 0 Å². The first-order chi connectivity index (χ1) is 9.31. The molecule has 19 heavy (non-hydrogen) atoms. The van der Waals surface area contributed by atoms with Crippen LogP contribution in [0.15, 0.2) is 30.3 Å². The van der Waals surface area contributed by atoms with Crippen LogP contribution in [0, 0.1) is 0 Å². The molecule has 1 aromatic carbocycles. The Morgan fingerprint density at radius 1 is 1.11 bits per heavy atom. The smallest absolute Gasteiger partial charge is 0.0802 e. The lowest BCUT2D eigenvalue weighted by Crippen LogP contribution is -2.37. The van der Waals surface area contributed by atoms with Crippen molar-refractivity contribution in [2.24, 2.45) is 0 Å². The van der Waals surface area contributed by atoms with Gasteiger partial charge in [0.2, 0.25) is 0 Å². The summed E-state index contributed by atoms with van der Waals surface area (Å²) in [6.45, 7) is 1.80. The van der Waals surface area contributed by atoms with Gasteiger partial charge in [0.05, 0.1) is 12.7 Å². The fourth-order valence-electron chi connectivity index (χ4n) is 3.00. The number of hydrogen-bond acceptors (Lipinski definition) is 3. The van der Waals surface area contributed by atoms with Gasteiger partial charge in [-0.25, -0.2) is 0 Å². The van der Waals surface area contributed by atoms with Gasteiger partial charge in [0.1, 0.15) is 0 Å². The number of aliphatic hydroxyl groups is 2. The molecule has 0 amide bonds. The predicted octanol–water partition coefficient (Wildman–Crippen LogP) is 2.35. The van der Waals surface area contributed by atoms with Crippen molar-refractivity contribution in [2.75, 3.05) is 19.7 Å². The minimum atomic E-state index is -0.399. The summed E-state index contributed by atoms with van der Waals surface area (Å²) in [4.78, 5) is 2.35. The number of aliphatic hydroxyl groups excluding tert-OH is 2. The van der Waals surface area contributed by atoms with Crippen LogP contribution in [0.25, 0.3) is 0 Å². The SMILES string of the molecule is OCCN(CCC(O)c1ccccc1)C1CCCC1. The Morgan fingerprint density at radius 2 is 1.79 bits per heavy atom. The molecule has 106 valence electrons. The lowest BCUT2D eigenvalue weighted by molar-refractivity contribution is 0.108. The Labute approximate surface area is 115 Å². The summed E-state index contributed by atoms with van der Waals surface area (Å²) in [6, 6.07) is 10.4. The van der Waals surface area contributed by atoms with Crippen LogP contribution in [-0.4, -0.2) is 40.9 Å². The van der Waals surface area contributed by atoms with E-state index in [-0.39, 0.29) is 6.61 Å². The first-order valence-electron chi connectivity index (χ1n) is 7.39. The number of nitrogens with zero attached hydrogens (tertiary/aromatic N) is 1. The zero-order valence-corrected chi connectivity index (χ0v) is 11.5. The fourth-order valence-corrected chi connectivity index (χ4v) is 3.00. The maximum atomic E-state index is 10.2. The van der Waals surface area contributed by atoms with Gasteiger partial charge < -0.3 is 10.2 Å². The summed E-state index contributed by atoms with van der Waals surface area (Å²) in [5, 5.41) is 19.4. The molecular formula is C16H25NO2. The first-order valence-corrected chi connectivity index (χ1v) is 7.39. The molecule has 0 bridgehead atoms. The van der Waals surface area contributed by atoms with E-state index in [0.29, 0.717) is 6.04 Å². The maximum absolute atomic E-state index is 10.2. The average molecular weight is 263 g/mol. The average Bonchev–Trinajstić information content (AvgIpc) is 2.98. The molecule has 1 atom stereocenters. The van der Waals surface area contributed by atoms with Crippen molar-refractivity contribution in [1.29, 1.82) is 0 Å². The maximum Gasteiger partial charge on any atom is 0.0802 e. The Balaban J connectivity index is 1.84. The van der Waals surface area contributed by atoms with Gasteiger partial charge in [0.15, 0.2) is 0 Å². The van der Waals surface area contributed by atoms with E-state index in [1.165, 1.54) is 25.7 Å². The molecule has 0 spiro atoms. The predicted molar refractivity (Wildman–Crippen MR) is 76.9 cm³/mol. The van der Waals surface area contributed by atoms with Gasteiger partial charge in [0, 0.05) is 19.1 Å². The zero-order chi connectivity index (χ0) is 13.5. The molecule has 0 heterocycles.